The van der Waals surface area contributed by atoms with Crippen molar-refractivity contribution in [1.82, 2.24) is 0 Å². The normalized spacial score (nSPS) is 11.2. The molecule has 0 radical (unpaired) electrons. The van der Waals surface area contributed by atoms with Crippen LogP contribution in [0.2, 0.25) is 0 Å². The number of hydrogen-bond donors (Lipinski definition) is 0. The van der Waals surface area contributed by atoms with Crippen molar-refractivity contribution in [3.8, 4) is 66.8 Å². The van der Waals surface area contributed by atoms with E-state index in [1.165, 1.54) is 88.3 Å². The first kappa shape index (κ1) is 29.6. The molecule has 234 valence electrons. The summed E-state index contributed by atoms with van der Waals surface area (Å²) < 4.78 is 0. The largest absolute Gasteiger partial charge is 0.0622 e. The minimum atomic E-state index is 1.20. The second-order valence-electron chi connectivity index (χ2n) is 12.9. The SMILES string of the molecule is c1ccc(-c2ccc(-c3ccc(-c4c5ccccc5c(-c5ccccc5)c5ccccc45)cc3-c3cccc(-c4ccccc4)c3)cc2)cc1. The summed E-state index contributed by atoms with van der Waals surface area (Å²) >= 11 is 0. The van der Waals surface area contributed by atoms with Crippen molar-refractivity contribution >= 4 is 21.5 Å². The first-order valence-electron chi connectivity index (χ1n) is 17.3. The van der Waals surface area contributed by atoms with Gasteiger partial charge in [0.05, 0.1) is 0 Å². The van der Waals surface area contributed by atoms with E-state index in [0.29, 0.717) is 0 Å². The monoisotopic (exact) mass is 634 g/mol. The van der Waals surface area contributed by atoms with E-state index < -0.39 is 0 Å². The maximum Gasteiger partial charge on any atom is -0.00261 e. The highest BCUT2D eigenvalue weighted by Crippen LogP contribution is 2.45. The molecule has 0 atom stereocenters. The molecule has 0 bridgehead atoms. The average molecular weight is 635 g/mol. The second kappa shape index (κ2) is 12.8. The summed E-state index contributed by atoms with van der Waals surface area (Å²) in [6.07, 6.45) is 0. The molecule has 0 saturated heterocycles. The molecule has 9 aromatic carbocycles. The molecule has 9 aromatic rings. The van der Waals surface area contributed by atoms with Crippen LogP contribution in [0, 0.1) is 0 Å². The topological polar surface area (TPSA) is 0 Å². The molecule has 0 aliphatic heterocycles. The molecule has 0 spiro atoms. The van der Waals surface area contributed by atoms with Crippen LogP contribution >= 0.6 is 0 Å². The Balaban J connectivity index is 1.28. The van der Waals surface area contributed by atoms with Crippen LogP contribution in [-0.4, -0.2) is 0 Å². The Morgan fingerprint density at radius 3 is 1.12 bits per heavy atom. The Hall–Kier alpha value is -6.50. The van der Waals surface area contributed by atoms with Crippen LogP contribution in [0.25, 0.3) is 88.3 Å². The van der Waals surface area contributed by atoms with Crippen LogP contribution in [0.1, 0.15) is 0 Å². The minimum absolute atomic E-state index is 1.20. The highest BCUT2D eigenvalue weighted by Gasteiger charge is 2.18. The Morgan fingerprint density at radius 2 is 0.560 bits per heavy atom. The van der Waals surface area contributed by atoms with Crippen molar-refractivity contribution in [2.45, 2.75) is 0 Å². The lowest BCUT2D eigenvalue weighted by molar-refractivity contribution is 1.56. The van der Waals surface area contributed by atoms with Gasteiger partial charge in [0.1, 0.15) is 0 Å². The van der Waals surface area contributed by atoms with Gasteiger partial charge in [0.2, 0.25) is 0 Å². The van der Waals surface area contributed by atoms with Gasteiger partial charge >= 0.3 is 0 Å². The van der Waals surface area contributed by atoms with Gasteiger partial charge in [0.25, 0.3) is 0 Å². The highest BCUT2D eigenvalue weighted by molar-refractivity contribution is 6.21. The molecule has 0 amide bonds. The molecular weight excluding hydrogens is 601 g/mol. The van der Waals surface area contributed by atoms with Crippen LogP contribution in [0.15, 0.2) is 206 Å². The van der Waals surface area contributed by atoms with E-state index in [1.54, 1.807) is 0 Å². The minimum Gasteiger partial charge on any atom is -0.0622 e. The molecule has 0 heterocycles. The summed E-state index contributed by atoms with van der Waals surface area (Å²) in [5.74, 6) is 0. The standard InChI is InChI=1S/C50H34/c1-4-15-35(16-5-1)37-27-29-38(30-28-37)43-32-31-42(34-48(43)41-22-14-21-40(33-41)36-17-6-2-7-18-36)50-46-25-12-10-23-44(46)49(39-19-8-3-9-20-39)45-24-11-13-26-47(45)50/h1-34H. The van der Waals surface area contributed by atoms with Gasteiger partial charge < -0.3 is 0 Å². The van der Waals surface area contributed by atoms with Crippen LogP contribution in [0.4, 0.5) is 0 Å². The summed E-state index contributed by atoms with van der Waals surface area (Å²) in [6.45, 7) is 0. The number of rotatable bonds is 6. The quantitative estimate of drug-likeness (QED) is 0.160. The fraction of sp³-hybridized carbons (Fsp3) is 0. The van der Waals surface area contributed by atoms with E-state index in [4.69, 9.17) is 0 Å². The molecule has 0 unspecified atom stereocenters. The van der Waals surface area contributed by atoms with E-state index in [9.17, 15) is 0 Å². The fourth-order valence-corrected chi connectivity index (χ4v) is 7.52. The van der Waals surface area contributed by atoms with Crippen molar-refractivity contribution in [2.24, 2.45) is 0 Å². The lowest BCUT2D eigenvalue weighted by Crippen LogP contribution is -1.93. The van der Waals surface area contributed by atoms with Crippen LogP contribution in [-0.2, 0) is 0 Å². The third-order valence-electron chi connectivity index (χ3n) is 9.89. The zero-order valence-corrected chi connectivity index (χ0v) is 27.6. The van der Waals surface area contributed by atoms with Gasteiger partial charge in [-0.25, -0.2) is 0 Å². The summed E-state index contributed by atoms with van der Waals surface area (Å²) in [4.78, 5) is 0. The first-order valence-corrected chi connectivity index (χ1v) is 17.3. The van der Waals surface area contributed by atoms with Crippen LogP contribution < -0.4 is 0 Å². The molecule has 50 heavy (non-hydrogen) atoms. The second-order valence-corrected chi connectivity index (χ2v) is 12.9. The lowest BCUT2D eigenvalue weighted by Gasteiger charge is -2.19. The van der Waals surface area contributed by atoms with Crippen LogP contribution in [0.5, 0.6) is 0 Å². The Bertz CT molecular complexity index is 2540. The average Bonchev–Trinajstić information content (AvgIpc) is 3.21. The zero-order chi connectivity index (χ0) is 33.3. The van der Waals surface area contributed by atoms with E-state index in [-0.39, 0.29) is 0 Å². The molecule has 0 saturated carbocycles. The maximum atomic E-state index is 2.42. The van der Waals surface area contributed by atoms with E-state index >= 15 is 0 Å². The van der Waals surface area contributed by atoms with Gasteiger partial charge in [-0.15, -0.1) is 0 Å². The number of hydrogen-bond acceptors (Lipinski definition) is 0. The predicted molar refractivity (Wildman–Crippen MR) is 214 cm³/mol. The third kappa shape index (κ3) is 5.38. The van der Waals surface area contributed by atoms with Gasteiger partial charge in [0, 0.05) is 0 Å². The summed E-state index contributed by atoms with van der Waals surface area (Å²) in [7, 11) is 0. The zero-order valence-electron chi connectivity index (χ0n) is 27.6. The van der Waals surface area contributed by atoms with Crippen molar-refractivity contribution in [2.75, 3.05) is 0 Å². The molecule has 0 aliphatic rings. The number of benzene rings is 9. The molecule has 9 rings (SSSR count). The van der Waals surface area contributed by atoms with Gasteiger partial charge in [0.15, 0.2) is 0 Å². The van der Waals surface area contributed by atoms with Crippen LogP contribution in [0.3, 0.4) is 0 Å². The molecule has 0 fully saturated rings. The highest BCUT2D eigenvalue weighted by atomic mass is 14.2. The lowest BCUT2D eigenvalue weighted by atomic mass is 9.84. The fourth-order valence-electron chi connectivity index (χ4n) is 7.52. The third-order valence-corrected chi connectivity index (χ3v) is 9.89. The predicted octanol–water partition coefficient (Wildman–Crippen LogP) is 14.0. The van der Waals surface area contributed by atoms with Crippen molar-refractivity contribution in [3.05, 3.63) is 206 Å². The molecule has 0 aliphatic carbocycles. The van der Waals surface area contributed by atoms with Gasteiger partial charge in [-0.1, -0.05) is 194 Å². The maximum absolute atomic E-state index is 2.42. The number of fused-ring (bicyclic) bond motifs is 2. The van der Waals surface area contributed by atoms with E-state index in [0.717, 1.165) is 0 Å². The van der Waals surface area contributed by atoms with E-state index in [1.807, 2.05) is 0 Å². The Kier molecular flexibility index (Phi) is 7.61. The summed E-state index contributed by atoms with van der Waals surface area (Å²) in [6, 6.07) is 74.9. The Labute approximate surface area is 293 Å². The smallest absolute Gasteiger partial charge is 0.00261 e. The molecule has 0 N–H and O–H groups in total. The first-order chi connectivity index (χ1) is 24.8. The Morgan fingerprint density at radius 1 is 0.180 bits per heavy atom. The molecular formula is C50H34. The van der Waals surface area contributed by atoms with Gasteiger partial charge in [-0.05, 0) is 100 Å². The molecule has 0 nitrogen and oxygen atoms in total. The summed E-state index contributed by atoms with van der Waals surface area (Å²) in [5.41, 5.74) is 14.7. The molecule has 0 heteroatoms. The summed E-state index contributed by atoms with van der Waals surface area (Å²) in [5, 5.41) is 5.05. The van der Waals surface area contributed by atoms with Crippen molar-refractivity contribution in [1.29, 1.82) is 0 Å². The molecule has 0 aromatic heterocycles. The van der Waals surface area contributed by atoms with Gasteiger partial charge in [-0.2, -0.15) is 0 Å². The van der Waals surface area contributed by atoms with Gasteiger partial charge in [-0.3, -0.25) is 0 Å². The van der Waals surface area contributed by atoms with E-state index in [2.05, 4.69) is 206 Å². The van der Waals surface area contributed by atoms with Crippen molar-refractivity contribution in [3.63, 3.8) is 0 Å². The van der Waals surface area contributed by atoms with Crippen molar-refractivity contribution < 1.29 is 0 Å².